The van der Waals surface area contributed by atoms with Gasteiger partial charge in [-0.15, -0.1) is 0 Å². The molecule has 0 saturated carbocycles. The Balaban J connectivity index is 2.21. The zero-order chi connectivity index (χ0) is 17.7. The fourth-order valence-electron chi connectivity index (χ4n) is 2.11. The van der Waals surface area contributed by atoms with Crippen molar-refractivity contribution in [2.45, 2.75) is 12.5 Å². The summed E-state index contributed by atoms with van der Waals surface area (Å²) in [7, 11) is 1.25. The Morgan fingerprint density at radius 2 is 1.62 bits per heavy atom. The maximum absolute atomic E-state index is 12.3. The SMILES string of the molecule is COC(=O)[C@H](Cc1c(Cl)cccc1Cl)NC(=O)c1ccc(Cl)cc1. The van der Waals surface area contributed by atoms with Crippen LogP contribution in [0.3, 0.4) is 0 Å². The Kier molecular flexibility index (Phi) is 6.49. The van der Waals surface area contributed by atoms with Crippen molar-refractivity contribution in [2.24, 2.45) is 0 Å². The average molecular weight is 387 g/mol. The molecule has 0 unspecified atom stereocenters. The lowest BCUT2D eigenvalue weighted by atomic mass is 10.0. The largest absolute Gasteiger partial charge is 0.467 e. The minimum atomic E-state index is -0.921. The van der Waals surface area contributed by atoms with Crippen LogP contribution in [-0.4, -0.2) is 25.0 Å². The predicted octanol–water partition coefficient (Wildman–Crippen LogP) is 4.16. The van der Waals surface area contributed by atoms with Gasteiger partial charge in [-0.2, -0.15) is 0 Å². The van der Waals surface area contributed by atoms with Crippen LogP contribution in [0.25, 0.3) is 0 Å². The molecule has 126 valence electrons. The van der Waals surface area contributed by atoms with Crippen LogP contribution >= 0.6 is 34.8 Å². The molecule has 0 spiro atoms. The van der Waals surface area contributed by atoms with Gasteiger partial charge in [0.05, 0.1) is 7.11 Å². The maximum atomic E-state index is 12.3. The Morgan fingerprint density at radius 3 is 2.17 bits per heavy atom. The molecule has 0 aliphatic carbocycles. The Morgan fingerprint density at radius 1 is 1.04 bits per heavy atom. The van der Waals surface area contributed by atoms with Crippen molar-refractivity contribution in [2.75, 3.05) is 7.11 Å². The molecule has 1 amide bonds. The summed E-state index contributed by atoms with van der Waals surface area (Å²) in [4.78, 5) is 24.3. The number of carbonyl (C=O) groups is 2. The third-order valence-corrected chi connectivity index (χ3v) is 4.33. The molecule has 4 nitrogen and oxygen atoms in total. The summed E-state index contributed by atoms with van der Waals surface area (Å²) in [5, 5.41) is 3.97. The van der Waals surface area contributed by atoms with E-state index in [1.165, 1.54) is 7.11 Å². The van der Waals surface area contributed by atoms with E-state index in [0.29, 0.717) is 26.2 Å². The van der Waals surface area contributed by atoms with Gasteiger partial charge in [0.2, 0.25) is 0 Å². The third-order valence-electron chi connectivity index (χ3n) is 3.37. The molecule has 0 aliphatic heterocycles. The van der Waals surface area contributed by atoms with Crippen LogP contribution in [-0.2, 0) is 16.0 Å². The summed E-state index contributed by atoms with van der Waals surface area (Å²) in [5.41, 5.74) is 0.936. The molecular weight excluding hydrogens is 373 g/mol. The summed E-state index contributed by atoms with van der Waals surface area (Å²) in [6.07, 6.45) is 0.116. The van der Waals surface area contributed by atoms with Gasteiger partial charge in [0.25, 0.3) is 5.91 Å². The normalized spacial score (nSPS) is 11.7. The number of ether oxygens (including phenoxy) is 1. The first-order valence-electron chi connectivity index (χ1n) is 6.99. The van der Waals surface area contributed by atoms with Crippen LogP contribution in [0.2, 0.25) is 15.1 Å². The quantitative estimate of drug-likeness (QED) is 0.785. The van der Waals surface area contributed by atoms with Crippen LogP contribution in [0.5, 0.6) is 0 Å². The van der Waals surface area contributed by atoms with Gasteiger partial charge in [0, 0.05) is 27.1 Å². The number of halogens is 3. The highest BCUT2D eigenvalue weighted by atomic mass is 35.5. The number of esters is 1. The van der Waals surface area contributed by atoms with Crippen molar-refractivity contribution < 1.29 is 14.3 Å². The molecule has 2 aromatic carbocycles. The van der Waals surface area contributed by atoms with E-state index < -0.39 is 17.9 Å². The maximum Gasteiger partial charge on any atom is 0.328 e. The number of hydrogen-bond donors (Lipinski definition) is 1. The van der Waals surface area contributed by atoms with Gasteiger partial charge in [-0.3, -0.25) is 4.79 Å². The number of amides is 1. The number of nitrogens with one attached hydrogen (secondary N) is 1. The van der Waals surface area contributed by atoms with E-state index in [4.69, 9.17) is 39.5 Å². The molecule has 0 radical (unpaired) electrons. The summed E-state index contributed by atoms with van der Waals surface area (Å²) in [6, 6.07) is 10.4. The smallest absolute Gasteiger partial charge is 0.328 e. The fourth-order valence-corrected chi connectivity index (χ4v) is 2.79. The standard InChI is InChI=1S/C17H14Cl3NO3/c1-24-17(23)15(9-12-13(19)3-2-4-14(12)20)21-16(22)10-5-7-11(18)8-6-10/h2-8,15H,9H2,1H3,(H,21,22)/t15-/m0/s1. The second-order valence-corrected chi connectivity index (χ2v) is 6.21. The third kappa shape index (κ3) is 4.63. The number of methoxy groups -OCH3 is 1. The highest BCUT2D eigenvalue weighted by molar-refractivity contribution is 6.36. The molecule has 7 heteroatoms. The molecule has 0 bridgehead atoms. The number of rotatable bonds is 5. The van der Waals surface area contributed by atoms with E-state index in [1.807, 2.05) is 0 Å². The number of benzene rings is 2. The zero-order valence-corrected chi connectivity index (χ0v) is 15.0. The van der Waals surface area contributed by atoms with E-state index in [9.17, 15) is 9.59 Å². The first-order chi connectivity index (χ1) is 11.4. The van der Waals surface area contributed by atoms with E-state index in [1.54, 1.807) is 42.5 Å². The molecule has 2 aromatic rings. The Labute approximate surface area is 154 Å². The van der Waals surface area contributed by atoms with Crippen molar-refractivity contribution in [1.82, 2.24) is 5.32 Å². The molecule has 0 aromatic heterocycles. The van der Waals surface area contributed by atoms with Crippen LogP contribution in [0.4, 0.5) is 0 Å². The Hall–Kier alpha value is -1.75. The second-order valence-electron chi connectivity index (χ2n) is 4.96. The van der Waals surface area contributed by atoms with Gasteiger partial charge >= 0.3 is 5.97 Å². The second kappa shape index (κ2) is 8.38. The van der Waals surface area contributed by atoms with E-state index >= 15 is 0 Å². The number of hydrogen-bond acceptors (Lipinski definition) is 3. The fraction of sp³-hybridized carbons (Fsp3) is 0.176. The first kappa shape index (κ1) is 18.6. The van der Waals surface area contributed by atoms with Crippen LogP contribution in [0.1, 0.15) is 15.9 Å². The molecule has 0 aliphatic rings. The molecular formula is C17H14Cl3NO3. The lowest BCUT2D eigenvalue weighted by Crippen LogP contribution is -2.43. The van der Waals surface area contributed by atoms with Gasteiger partial charge in [0.1, 0.15) is 6.04 Å². The summed E-state index contributed by atoms with van der Waals surface area (Å²) in [6.45, 7) is 0. The molecule has 0 heterocycles. The lowest BCUT2D eigenvalue weighted by Gasteiger charge is -2.18. The predicted molar refractivity (Wildman–Crippen MR) is 94.9 cm³/mol. The van der Waals surface area contributed by atoms with Gasteiger partial charge in [-0.1, -0.05) is 40.9 Å². The molecule has 24 heavy (non-hydrogen) atoms. The monoisotopic (exact) mass is 385 g/mol. The molecule has 1 atom stereocenters. The highest BCUT2D eigenvalue weighted by Crippen LogP contribution is 2.25. The van der Waals surface area contributed by atoms with Crippen LogP contribution < -0.4 is 5.32 Å². The highest BCUT2D eigenvalue weighted by Gasteiger charge is 2.24. The van der Waals surface area contributed by atoms with Crippen molar-refractivity contribution in [3.05, 3.63) is 68.7 Å². The summed E-state index contributed by atoms with van der Waals surface area (Å²) < 4.78 is 4.76. The minimum Gasteiger partial charge on any atom is -0.467 e. The summed E-state index contributed by atoms with van der Waals surface area (Å²) >= 11 is 18.1. The molecule has 0 saturated heterocycles. The van der Waals surface area contributed by atoms with E-state index in [-0.39, 0.29) is 6.42 Å². The molecule has 0 fully saturated rings. The summed E-state index contributed by atoms with van der Waals surface area (Å²) in [5.74, 6) is -1.02. The first-order valence-corrected chi connectivity index (χ1v) is 8.13. The van der Waals surface area contributed by atoms with Gasteiger partial charge in [-0.05, 0) is 42.0 Å². The topological polar surface area (TPSA) is 55.4 Å². The Bertz CT molecular complexity index is 727. The molecule has 1 N–H and O–H groups in total. The van der Waals surface area contributed by atoms with Gasteiger partial charge < -0.3 is 10.1 Å². The zero-order valence-electron chi connectivity index (χ0n) is 12.7. The molecule has 2 rings (SSSR count). The number of carbonyl (C=O) groups excluding carboxylic acids is 2. The van der Waals surface area contributed by atoms with Gasteiger partial charge in [-0.25, -0.2) is 4.79 Å². The van der Waals surface area contributed by atoms with Crippen LogP contribution in [0, 0.1) is 0 Å². The van der Waals surface area contributed by atoms with E-state index in [2.05, 4.69) is 5.32 Å². The van der Waals surface area contributed by atoms with E-state index in [0.717, 1.165) is 0 Å². The minimum absolute atomic E-state index is 0.116. The van der Waals surface area contributed by atoms with Crippen molar-refractivity contribution in [1.29, 1.82) is 0 Å². The van der Waals surface area contributed by atoms with Gasteiger partial charge in [0.15, 0.2) is 0 Å². The van der Waals surface area contributed by atoms with Crippen molar-refractivity contribution in [3.8, 4) is 0 Å². The van der Waals surface area contributed by atoms with Crippen molar-refractivity contribution >= 4 is 46.7 Å². The van der Waals surface area contributed by atoms with Crippen molar-refractivity contribution in [3.63, 3.8) is 0 Å². The van der Waals surface area contributed by atoms with Crippen LogP contribution in [0.15, 0.2) is 42.5 Å². The lowest BCUT2D eigenvalue weighted by molar-refractivity contribution is -0.142. The average Bonchev–Trinajstić information content (AvgIpc) is 2.57.